The largest absolute Gasteiger partial charge is 0.438 e. The molecule has 0 spiro atoms. The van der Waals surface area contributed by atoms with Gasteiger partial charge in [0.15, 0.2) is 0 Å². The Labute approximate surface area is 154 Å². The van der Waals surface area contributed by atoms with Crippen molar-refractivity contribution in [1.29, 1.82) is 0 Å². The molecule has 0 saturated carbocycles. The highest BCUT2D eigenvalue weighted by atomic mass is 32.2. The molecule has 0 atom stereocenters. The first-order valence-electron chi connectivity index (χ1n) is 5.64. The van der Waals surface area contributed by atoms with Crippen molar-refractivity contribution in [2.45, 2.75) is 46.6 Å². The summed E-state index contributed by atoms with van der Waals surface area (Å²) < 4.78 is 226. The Balaban J connectivity index is 5.84. The molecule has 29 heavy (non-hydrogen) atoms. The highest BCUT2D eigenvalue weighted by Crippen LogP contribution is 2.62. The van der Waals surface area contributed by atoms with Crippen LogP contribution in [0.5, 0.6) is 0 Å². The maximum Gasteiger partial charge on any atom is 0.438 e. The number of hydrogen-bond donors (Lipinski definition) is 0. The Morgan fingerprint density at radius 1 is 0.345 bits per heavy atom. The van der Waals surface area contributed by atoms with Crippen LogP contribution in [0.25, 0.3) is 0 Å². The van der Waals surface area contributed by atoms with Crippen molar-refractivity contribution >= 4 is 24.1 Å². The molecule has 0 aliphatic rings. The zero-order chi connectivity index (χ0) is 24.1. The fourth-order valence-electron chi connectivity index (χ4n) is 1.20. The molecule has 0 radical (unpaired) electrons. The van der Waals surface area contributed by atoms with Gasteiger partial charge in [-0.05, 0) is 0 Å². The summed E-state index contributed by atoms with van der Waals surface area (Å²) in [7, 11) is 0. The highest BCUT2D eigenvalue weighted by Gasteiger charge is 2.87. The van der Waals surface area contributed by atoms with E-state index < -0.39 is 70.6 Å². The van der Waals surface area contributed by atoms with Gasteiger partial charge in [0.1, 0.15) is 0 Å². The van der Waals surface area contributed by atoms with Crippen molar-refractivity contribution in [2.24, 2.45) is 0 Å². The van der Waals surface area contributed by atoms with Gasteiger partial charge in [0.25, 0.3) is 0 Å². The van der Waals surface area contributed by atoms with Crippen LogP contribution in [-0.2, 0) is 3.63 Å². The minimum absolute atomic E-state index is 2.49. The zero-order valence-electron chi connectivity index (χ0n) is 12.0. The molecule has 0 bridgehead atoms. The Morgan fingerprint density at radius 2 is 0.517 bits per heavy atom. The average Bonchev–Trinajstić information content (AvgIpc) is 2.39. The van der Waals surface area contributed by atoms with Crippen molar-refractivity contribution < 1.29 is 82.7 Å². The minimum Gasteiger partial charge on any atom is -0.235 e. The molecule has 0 unspecified atom stereocenters. The first-order valence-corrected chi connectivity index (χ1v) is 7.13. The number of halogens is 18. The number of hydrogen-bond acceptors (Lipinski definition) is 3. The second-order valence-electron chi connectivity index (χ2n) is 4.58. The van der Waals surface area contributed by atoms with Gasteiger partial charge in [0, 0.05) is 0 Å². The molecule has 0 aromatic heterocycles. The van der Waals surface area contributed by atoms with Gasteiger partial charge < -0.3 is 0 Å². The van der Waals surface area contributed by atoms with Crippen molar-refractivity contribution in [3.8, 4) is 0 Å². The van der Waals surface area contributed by atoms with E-state index in [9.17, 15) is 79.0 Å². The lowest BCUT2D eigenvalue weighted by Gasteiger charge is -2.36. The molecule has 0 aliphatic carbocycles. The van der Waals surface area contributed by atoms with E-state index in [2.05, 4.69) is 3.63 Å². The summed E-state index contributed by atoms with van der Waals surface area (Å²) in [5, 5.41) is -14.0. The quantitative estimate of drug-likeness (QED) is 0.273. The molecule has 0 rings (SSSR count). The lowest BCUT2D eigenvalue weighted by Crippen LogP contribution is -2.63. The Hall–Kier alpha value is -0.600. The van der Waals surface area contributed by atoms with Gasteiger partial charge in [-0.1, -0.05) is 0 Å². The fourth-order valence-corrected chi connectivity index (χ4v) is 2.71. The zero-order valence-corrected chi connectivity index (χ0v) is 13.7. The average molecular weight is 518 g/mol. The summed E-state index contributed by atoms with van der Waals surface area (Å²) >= 11 is -5.73. The van der Waals surface area contributed by atoms with Crippen LogP contribution in [0, 0.1) is 0 Å². The molecule has 0 aliphatic heterocycles. The smallest absolute Gasteiger partial charge is 0.235 e. The second kappa shape index (κ2) is 7.52. The van der Waals surface area contributed by atoms with Crippen molar-refractivity contribution in [1.82, 2.24) is 0 Å². The Morgan fingerprint density at radius 3 is 0.655 bits per heavy atom. The van der Waals surface area contributed by atoms with E-state index >= 15 is 0 Å². The van der Waals surface area contributed by atoms with Gasteiger partial charge in [0.05, 0.1) is 24.1 Å². The van der Waals surface area contributed by atoms with Crippen LogP contribution in [0.1, 0.15) is 0 Å². The molecule has 0 saturated heterocycles. The lowest BCUT2D eigenvalue weighted by atomic mass is 10.1. The highest BCUT2D eigenvalue weighted by molar-refractivity contribution is 8.08. The number of rotatable bonds is 6. The van der Waals surface area contributed by atoms with Crippen LogP contribution in [0.2, 0.25) is 0 Å². The standard InChI is InChI=1S/C8F18OS2/c9-1(3(11,12)13,4(14,15)16)7(23,24)28-27-29-8(25,26)2(10,5(17,18)19)6(20,21)22. The molecule has 0 aromatic rings. The van der Waals surface area contributed by atoms with Crippen LogP contribution in [0.15, 0.2) is 0 Å². The molecule has 1 nitrogen and oxygen atoms in total. The second-order valence-corrected chi connectivity index (χ2v) is 6.48. The maximum atomic E-state index is 13.1. The first-order chi connectivity index (χ1) is 12.2. The van der Waals surface area contributed by atoms with Crippen LogP contribution in [-0.4, -0.2) is 46.6 Å². The van der Waals surface area contributed by atoms with E-state index in [1.54, 1.807) is 0 Å². The van der Waals surface area contributed by atoms with E-state index in [0.717, 1.165) is 0 Å². The van der Waals surface area contributed by atoms with Gasteiger partial charge in [-0.25, -0.2) is 12.4 Å². The molecule has 0 amide bonds. The predicted molar refractivity (Wildman–Crippen MR) is 58.1 cm³/mol. The van der Waals surface area contributed by atoms with Crippen molar-refractivity contribution in [2.75, 3.05) is 0 Å². The summed E-state index contributed by atoms with van der Waals surface area (Å²) in [6, 6.07) is 0. The molecular formula is C8F18OS2. The first kappa shape index (κ1) is 28.4. The van der Waals surface area contributed by atoms with E-state index in [1.807, 2.05) is 0 Å². The van der Waals surface area contributed by atoms with Crippen LogP contribution in [0.4, 0.5) is 79.0 Å². The van der Waals surface area contributed by atoms with Crippen molar-refractivity contribution in [3.63, 3.8) is 0 Å². The molecule has 21 heteroatoms. The number of alkyl halides is 18. The topological polar surface area (TPSA) is 9.23 Å². The monoisotopic (exact) mass is 518 g/mol. The van der Waals surface area contributed by atoms with Crippen LogP contribution < -0.4 is 0 Å². The molecule has 176 valence electrons. The van der Waals surface area contributed by atoms with E-state index in [4.69, 9.17) is 0 Å². The van der Waals surface area contributed by atoms with Crippen LogP contribution in [0.3, 0.4) is 0 Å². The van der Waals surface area contributed by atoms with Gasteiger partial charge in [-0.3, -0.25) is 0 Å². The normalized spacial score (nSPS) is 16.3. The molecular weight excluding hydrogens is 518 g/mol. The summed E-state index contributed by atoms with van der Waals surface area (Å²) in [5.74, 6) is 0. The summed E-state index contributed by atoms with van der Waals surface area (Å²) in [4.78, 5) is 0. The van der Waals surface area contributed by atoms with Gasteiger partial charge in [-0.15, -0.1) is 0 Å². The van der Waals surface area contributed by atoms with Gasteiger partial charge in [-0.2, -0.15) is 70.2 Å². The predicted octanol–water partition coefficient (Wildman–Crippen LogP) is 7.15. The Bertz CT molecular complexity index is 490. The maximum absolute atomic E-state index is 13.1. The molecule has 0 aromatic carbocycles. The van der Waals surface area contributed by atoms with Crippen LogP contribution >= 0.6 is 24.1 Å². The molecule has 0 heterocycles. The van der Waals surface area contributed by atoms with E-state index in [1.165, 1.54) is 0 Å². The van der Waals surface area contributed by atoms with Gasteiger partial charge >= 0.3 is 46.6 Å². The van der Waals surface area contributed by atoms with Gasteiger partial charge in [0.2, 0.25) is 0 Å². The lowest BCUT2D eigenvalue weighted by molar-refractivity contribution is -0.378. The summed E-state index contributed by atoms with van der Waals surface area (Å²) in [6.45, 7) is 0. The third kappa shape index (κ3) is 4.69. The summed E-state index contributed by atoms with van der Waals surface area (Å²) in [5.41, 5.74) is -15.1. The SMILES string of the molecule is FC(F)(F)C(F)(C(F)(F)F)C(F)(F)SOSC(F)(F)C(F)(C(F)(F)F)C(F)(F)F. The minimum atomic E-state index is -7.55. The summed E-state index contributed by atoms with van der Waals surface area (Å²) in [6.07, 6.45) is -30.1. The molecule has 0 N–H and O–H groups in total. The third-order valence-electron chi connectivity index (χ3n) is 2.64. The Kier molecular flexibility index (Phi) is 7.36. The van der Waals surface area contributed by atoms with E-state index in [-0.39, 0.29) is 0 Å². The third-order valence-corrected chi connectivity index (χ3v) is 4.17. The molecule has 0 fully saturated rings. The van der Waals surface area contributed by atoms with E-state index in [0.29, 0.717) is 0 Å². The fraction of sp³-hybridized carbons (Fsp3) is 1.00. The van der Waals surface area contributed by atoms with Crippen molar-refractivity contribution in [3.05, 3.63) is 0 Å².